The fraction of sp³-hybridized carbons (Fsp3) is 0.250. The summed E-state index contributed by atoms with van der Waals surface area (Å²) in [6.07, 6.45) is 0. The molecule has 0 aliphatic heterocycles. The van der Waals surface area contributed by atoms with Gasteiger partial charge in [0.2, 0.25) is 0 Å². The van der Waals surface area contributed by atoms with E-state index in [1.54, 1.807) is 7.11 Å². The molecule has 1 aromatic carbocycles. The molecule has 1 heterocycles. The zero-order valence-electron chi connectivity index (χ0n) is 9.05. The van der Waals surface area contributed by atoms with Crippen molar-refractivity contribution < 1.29 is 4.74 Å². The van der Waals surface area contributed by atoms with Crippen molar-refractivity contribution >= 4 is 38.4 Å². The topological polar surface area (TPSA) is 22.1 Å². The van der Waals surface area contributed by atoms with Crippen LogP contribution < -0.4 is 0 Å². The Morgan fingerprint density at radius 1 is 1.44 bits per heavy atom. The van der Waals surface area contributed by atoms with Crippen LogP contribution in [-0.4, -0.2) is 12.1 Å². The number of aryl methyl sites for hydroxylation is 1. The second kappa shape index (κ2) is 4.70. The lowest BCUT2D eigenvalue weighted by atomic mass is 10.1. The maximum absolute atomic E-state index is 6.21. The van der Waals surface area contributed by atoms with Crippen LogP contribution in [0.5, 0.6) is 0 Å². The van der Waals surface area contributed by atoms with Crippen LogP contribution in [0.25, 0.3) is 10.9 Å². The fourth-order valence-electron chi connectivity index (χ4n) is 1.63. The molecule has 0 spiro atoms. The van der Waals surface area contributed by atoms with E-state index in [9.17, 15) is 0 Å². The number of fused-ring (bicyclic) bond motifs is 1. The van der Waals surface area contributed by atoms with Gasteiger partial charge in [-0.1, -0.05) is 33.6 Å². The highest BCUT2D eigenvalue weighted by molar-refractivity contribution is 9.10. The van der Waals surface area contributed by atoms with Crippen LogP contribution in [0.2, 0.25) is 5.02 Å². The summed E-state index contributed by atoms with van der Waals surface area (Å²) in [4.78, 5) is 4.55. The largest absolute Gasteiger partial charge is 0.378 e. The minimum Gasteiger partial charge on any atom is -0.378 e. The van der Waals surface area contributed by atoms with E-state index >= 15 is 0 Å². The molecule has 0 saturated carbocycles. The molecule has 0 N–H and O–H groups in total. The molecule has 0 atom stereocenters. The minimum atomic E-state index is 0.474. The summed E-state index contributed by atoms with van der Waals surface area (Å²) in [5.41, 5.74) is 2.87. The summed E-state index contributed by atoms with van der Waals surface area (Å²) in [6.45, 7) is 2.49. The van der Waals surface area contributed by atoms with Gasteiger partial charge in [-0.25, -0.2) is 4.98 Å². The number of aromatic nitrogens is 1. The van der Waals surface area contributed by atoms with Crippen LogP contribution in [0.3, 0.4) is 0 Å². The first kappa shape index (κ1) is 11.8. The molecule has 84 valence electrons. The molecule has 0 saturated heterocycles. The molecule has 0 amide bonds. The second-order valence-electron chi connectivity index (χ2n) is 3.60. The number of hydrogen-bond donors (Lipinski definition) is 0. The first-order valence-corrected chi connectivity index (χ1v) is 6.03. The zero-order valence-corrected chi connectivity index (χ0v) is 11.4. The Balaban J connectivity index is 2.73. The molecular formula is C12H11BrClNO. The minimum absolute atomic E-state index is 0.474. The predicted molar refractivity (Wildman–Crippen MR) is 69.9 cm³/mol. The van der Waals surface area contributed by atoms with Gasteiger partial charge >= 0.3 is 0 Å². The van der Waals surface area contributed by atoms with Gasteiger partial charge in [-0.15, -0.1) is 0 Å². The van der Waals surface area contributed by atoms with Crippen LogP contribution in [-0.2, 0) is 11.3 Å². The van der Waals surface area contributed by atoms with E-state index in [4.69, 9.17) is 16.3 Å². The fourth-order valence-corrected chi connectivity index (χ4v) is 2.23. The molecule has 2 nitrogen and oxygen atoms in total. The Labute approximate surface area is 108 Å². The summed E-state index contributed by atoms with van der Waals surface area (Å²) in [5.74, 6) is 0. The average Bonchev–Trinajstić information content (AvgIpc) is 2.25. The van der Waals surface area contributed by atoms with Gasteiger partial charge in [0.25, 0.3) is 0 Å². The predicted octanol–water partition coefficient (Wildman–Crippen LogP) is 4.11. The van der Waals surface area contributed by atoms with Crippen LogP contribution >= 0.6 is 27.5 Å². The Kier molecular flexibility index (Phi) is 3.47. The van der Waals surface area contributed by atoms with Crippen molar-refractivity contribution in [3.63, 3.8) is 0 Å². The maximum Gasteiger partial charge on any atom is 0.0884 e. The van der Waals surface area contributed by atoms with Crippen molar-refractivity contribution in [1.82, 2.24) is 4.98 Å². The SMILES string of the molecule is COCc1cc(Cl)c2ccc(Br)c(C)c2n1. The maximum atomic E-state index is 6.21. The Morgan fingerprint density at radius 2 is 2.19 bits per heavy atom. The van der Waals surface area contributed by atoms with Crippen molar-refractivity contribution in [2.24, 2.45) is 0 Å². The molecule has 16 heavy (non-hydrogen) atoms. The summed E-state index contributed by atoms with van der Waals surface area (Å²) in [5, 5.41) is 1.69. The first-order chi connectivity index (χ1) is 7.63. The van der Waals surface area contributed by atoms with E-state index in [2.05, 4.69) is 20.9 Å². The normalized spacial score (nSPS) is 11.0. The van der Waals surface area contributed by atoms with Crippen molar-refractivity contribution in [1.29, 1.82) is 0 Å². The van der Waals surface area contributed by atoms with Gasteiger partial charge in [0.15, 0.2) is 0 Å². The lowest BCUT2D eigenvalue weighted by Crippen LogP contribution is -1.95. The highest BCUT2D eigenvalue weighted by Crippen LogP contribution is 2.29. The van der Waals surface area contributed by atoms with E-state index in [0.29, 0.717) is 11.6 Å². The standard InChI is InChI=1S/C12H11BrClNO/c1-7-10(13)4-3-9-11(14)5-8(6-16-2)15-12(7)9/h3-5H,6H2,1-2H3. The van der Waals surface area contributed by atoms with Crippen molar-refractivity contribution in [3.05, 3.63) is 39.0 Å². The third kappa shape index (κ3) is 2.08. The monoisotopic (exact) mass is 299 g/mol. The second-order valence-corrected chi connectivity index (χ2v) is 4.86. The summed E-state index contributed by atoms with van der Waals surface area (Å²) in [7, 11) is 1.65. The molecule has 0 bridgehead atoms. The van der Waals surface area contributed by atoms with Crippen molar-refractivity contribution in [2.75, 3.05) is 7.11 Å². The summed E-state index contributed by atoms with van der Waals surface area (Å²) in [6, 6.07) is 5.81. The molecular weight excluding hydrogens is 289 g/mol. The number of nitrogens with zero attached hydrogens (tertiary/aromatic N) is 1. The van der Waals surface area contributed by atoms with Gasteiger partial charge in [-0.3, -0.25) is 0 Å². The summed E-state index contributed by atoms with van der Waals surface area (Å²) < 4.78 is 6.11. The Morgan fingerprint density at radius 3 is 2.88 bits per heavy atom. The average molecular weight is 301 g/mol. The third-order valence-corrected chi connectivity index (χ3v) is 3.63. The van der Waals surface area contributed by atoms with Gasteiger partial charge in [0.1, 0.15) is 0 Å². The Hall–Kier alpha value is -0.640. The number of benzene rings is 1. The Bertz CT molecular complexity index is 542. The number of pyridine rings is 1. The molecule has 0 unspecified atom stereocenters. The number of rotatable bonds is 2. The van der Waals surface area contributed by atoms with Crippen LogP contribution in [0.1, 0.15) is 11.3 Å². The lowest BCUT2D eigenvalue weighted by molar-refractivity contribution is 0.182. The van der Waals surface area contributed by atoms with E-state index in [1.165, 1.54) is 0 Å². The molecule has 0 radical (unpaired) electrons. The van der Waals surface area contributed by atoms with Gasteiger partial charge in [-0.2, -0.15) is 0 Å². The number of ether oxygens (including phenoxy) is 1. The quantitative estimate of drug-likeness (QED) is 0.833. The highest BCUT2D eigenvalue weighted by atomic mass is 79.9. The molecule has 0 aliphatic rings. The van der Waals surface area contributed by atoms with E-state index in [-0.39, 0.29) is 0 Å². The van der Waals surface area contributed by atoms with Crippen LogP contribution in [0.15, 0.2) is 22.7 Å². The van der Waals surface area contributed by atoms with E-state index < -0.39 is 0 Å². The van der Waals surface area contributed by atoms with Gasteiger partial charge in [0.05, 0.1) is 22.8 Å². The van der Waals surface area contributed by atoms with Crippen LogP contribution in [0, 0.1) is 6.92 Å². The molecule has 2 aromatic rings. The molecule has 0 aliphatic carbocycles. The van der Waals surface area contributed by atoms with Crippen molar-refractivity contribution in [2.45, 2.75) is 13.5 Å². The van der Waals surface area contributed by atoms with Gasteiger partial charge < -0.3 is 4.74 Å². The molecule has 0 fully saturated rings. The lowest BCUT2D eigenvalue weighted by Gasteiger charge is -2.08. The number of halogens is 2. The van der Waals surface area contributed by atoms with E-state index in [1.807, 2.05) is 25.1 Å². The van der Waals surface area contributed by atoms with Gasteiger partial charge in [-0.05, 0) is 24.6 Å². The smallest absolute Gasteiger partial charge is 0.0884 e. The van der Waals surface area contributed by atoms with Gasteiger partial charge in [0, 0.05) is 17.0 Å². The highest BCUT2D eigenvalue weighted by Gasteiger charge is 2.08. The molecule has 2 rings (SSSR count). The number of methoxy groups -OCH3 is 1. The number of hydrogen-bond acceptors (Lipinski definition) is 2. The van der Waals surface area contributed by atoms with Crippen LogP contribution in [0.4, 0.5) is 0 Å². The third-order valence-electron chi connectivity index (χ3n) is 2.46. The van der Waals surface area contributed by atoms with Crippen molar-refractivity contribution in [3.8, 4) is 0 Å². The first-order valence-electron chi connectivity index (χ1n) is 4.86. The molecule has 1 aromatic heterocycles. The van der Waals surface area contributed by atoms with E-state index in [0.717, 1.165) is 26.6 Å². The summed E-state index contributed by atoms with van der Waals surface area (Å²) >= 11 is 9.70. The molecule has 4 heteroatoms. The zero-order chi connectivity index (χ0) is 11.7.